The fourth-order valence-electron chi connectivity index (χ4n) is 2.62. The van der Waals surface area contributed by atoms with Gasteiger partial charge in [0.05, 0.1) is 12.2 Å². The maximum atomic E-state index is 13.7. The summed E-state index contributed by atoms with van der Waals surface area (Å²) in [5, 5.41) is 10.7. The maximum Gasteiger partial charge on any atom is 0.191 e. The molecule has 0 saturated heterocycles. The number of nitrogens with one attached hydrogen (secondary N) is 2. The van der Waals surface area contributed by atoms with E-state index in [0.29, 0.717) is 24.6 Å². The number of aryl methyl sites for hydroxylation is 1. The van der Waals surface area contributed by atoms with Crippen molar-refractivity contribution in [3.63, 3.8) is 0 Å². The van der Waals surface area contributed by atoms with Gasteiger partial charge in [-0.3, -0.25) is 0 Å². The molecule has 0 fully saturated rings. The molecular weight excluding hydrogens is 341 g/mol. The molecule has 0 radical (unpaired) electrons. The van der Waals surface area contributed by atoms with E-state index >= 15 is 0 Å². The lowest BCUT2D eigenvalue weighted by atomic mass is 10.1. The predicted molar refractivity (Wildman–Crippen MR) is 106 cm³/mol. The average Bonchev–Trinajstić information content (AvgIpc) is 3.22. The van der Waals surface area contributed by atoms with Crippen molar-refractivity contribution in [2.75, 3.05) is 6.54 Å². The van der Waals surface area contributed by atoms with E-state index in [1.165, 1.54) is 6.07 Å². The molecule has 0 aliphatic carbocycles. The zero-order valence-electron chi connectivity index (χ0n) is 15.6. The Balaban J connectivity index is 1.61. The number of rotatable bonds is 6. The molecule has 5 nitrogen and oxygen atoms in total. The molecule has 140 valence electrons. The lowest BCUT2D eigenvalue weighted by Gasteiger charge is -2.12. The van der Waals surface area contributed by atoms with Gasteiger partial charge in [0.25, 0.3) is 0 Å². The quantitative estimate of drug-likeness (QED) is 0.519. The van der Waals surface area contributed by atoms with Crippen LogP contribution in [0, 0.1) is 12.7 Å². The van der Waals surface area contributed by atoms with Crippen molar-refractivity contribution < 1.29 is 4.39 Å². The Kier molecular flexibility index (Phi) is 6.20. The summed E-state index contributed by atoms with van der Waals surface area (Å²) in [5.74, 6) is 0.507. The highest BCUT2D eigenvalue weighted by Gasteiger charge is 2.02. The van der Waals surface area contributed by atoms with Gasteiger partial charge in [-0.15, -0.1) is 0 Å². The van der Waals surface area contributed by atoms with Crippen LogP contribution in [0.5, 0.6) is 0 Å². The van der Waals surface area contributed by atoms with Crippen LogP contribution in [0.1, 0.15) is 23.6 Å². The second kappa shape index (κ2) is 8.98. The Labute approximate surface area is 159 Å². The topological polar surface area (TPSA) is 54.2 Å². The summed E-state index contributed by atoms with van der Waals surface area (Å²) in [7, 11) is 0. The van der Waals surface area contributed by atoms with E-state index in [1.54, 1.807) is 19.2 Å². The van der Waals surface area contributed by atoms with Crippen LogP contribution < -0.4 is 10.6 Å². The van der Waals surface area contributed by atoms with Crippen LogP contribution in [0.3, 0.4) is 0 Å². The van der Waals surface area contributed by atoms with Crippen LogP contribution in [-0.2, 0) is 13.1 Å². The molecule has 0 unspecified atom stereocenters. The van der Waals surface area contributed by atoms with E-state index in [4.69, 9.17) is 0 Å². The largest absolute Gasteiger partial charge is 0.357 e. The van der Waals surface area contributed by atoms with E-state index < -0.39 is 0 Å². The van der Waals surface area contributed by atoms with E-state index in [-0.39, 0.29) is 5.82 Å². The lowest BCUT2D eigenvalue weighted by molar-refractivity contribution is 0.616. The number of benzene rings is 2. The molecule has 1 aromatic heterocycles. The smallest absolute Gasteiger partial charge is 0.191 e. The number of guanidine groups is 1. The van der Waals surface area contributed by atoms with Crippen LogP contribution in [0.15, 0.2) is 65.9 Å². The monoisotopic (exact) mass is 365 g/mol. The Hall–Kier alpha value is -3.15. The second-order valence-electron chi connectivity index (χ2n) is 6.25. The van der Waals surface area contributed by atoms with Gasteiger partial charge in [-0.05, 0) is 54.8 Å². The highest BCUT2D eigenvalue weighted by molar-refractivity contribution is 5.79. The third-order valence-electron chi connectivity index (χ3n) is 4.17. The molecule has 0 saturated carbocycles. The van der Waals surface area contributed by atoms with Gasteiger partial charge in [0.2, 0.25) is 0 Å². The lowest BCUT2D eigenvalue weighted by Crippen LogP contribution is -2.36. The SMILES string of the molecule is CCNC(=NCc1ccc(C)c(F)c1)NCc1ccc(-n2cccn2)cc1. The highest BCUT2D eigenvalue weighted by atomic mass is 19.1. The first-order chi connectivity index (χ1) is 13.2. The Morgan fingerprint density at radius 3 is 2.56 bits per heavy atom. The van der Waals surface area contributed by atoms with Crippen molar-refractivity contribution in [1.29, 1.82) is 0 Å². The van der Waals surface area contributed by atoms with Crippen molar-refractivity contribution in [3.8, 4) is 5.69 Å². The molecule has 27 heavy (non-hydrogen) atoms. The zero-order valence-corrected chi connectivity index (χ0v) is 15.6. The molecule has 0 atom stereocenters. The van der Waals surface area contributed by atoms with Crippen molar-refractivity contribution in [2.45, 2.75) is 26.9 Å². The van der Waals surface area contributed by atoms with Crippen molar-refractivity contribution in [3.05, 3.63) is 83.4 Å². The predicted octanol–water partition coefficient (Wildman–Crippen LogP) is 3.58. The molecule has 0 amide bonds. The van der Waals surface area contributed by atoms with Gasteiger partial charge in [-0.1, -0.05) is 24.3 Å². The molecule has 3 aromatic rings. The first-order valence-corrected chi connectivity index (χ1v) is 9.02. The fourth-order valence-corrected chi connectivity index (χ4v) is 2.62. The Morgan fingerprint density at radius 2 is 1.89 bits per heavy atom. The molecule has 1 heterocycles. The average molecular weight is 365 g/mol. The third kappa shape index (κ3) is 5.17. The number of aromatic nitrogens is 2. The maximum absolute atomic E-state index is 13.7. The normalized spacial score (nSPS) is 11.4. The van der Waals surface area contributed by atoms with Gasteiger partial charge in [-0.25, -0.2) is 14.1 Å². The molecule has 0 aliphatic heterocycles. The summed E-state index contributed by atoms with van der Waals surface area (Å²) < 4.78 is 15.5. The van der Waals surface area contributed by atoms with Gasteiger partial charge < -0.3 is 10.6 Å². The number of hydrogen-bond acceptors (Lipinski definition) is 2. The second-order valence-corrected chi connectivity index (χ2v) is 6.25. The molecule has 2 aromatic carbocycles. The molecule has 2 N–H and O–H groups in total. The van der Waals surface area contributed by atoms with Gasteiger partial charge >= 0.3 is 0 Å². The molecule has 0 spiro atoms. The third-order valence-corrected chi connectivity index (χ3v) is 4.17. The number of hydrogen-bond donors (Lipinski definition) is 2. The molecule has 3 rings (SSSR count). The zero-order chi connectivity index (χ0) is 19.1. The summed E-state index contributed by atoms with van der Waals surface area (Å²) in [6.45, 7) is 5.60. The Bertz CT molecular complexity index is 885. The van der Waals surface area contributed by atoms with Crippen LogP contribution in [0.2, 0.25) is 0 Å². The summed E-state index contributed by atoms with van der Waals surface area (Å²) in [6, 6.07) is 15.3. The minimum Gasteiger partial charge on any atom is -0.357 e. The van der Waals surface area contributed by atoms with Gasteiger partial charge in [0.1, 0.15) is 5.82 Å². The molecule has 0 aliphatic rings. The van der Waals surface area contributed by atoms with Crippen LogP contribution in [-0.4, -0.2) is 22.3 Å². The number of aliphatic imine (C=N–C) groups is 1. The van der Waals surface area contributed by atoms with Crippen LogP contribution in [0.25, 0.3) is 5.69 Å². The van der Waals surface area contributed by atoms with Crippen LogP contribution >= 0.6 is 0 Å². The molecule has 0 bridgehead atoms. The van der Waals surface area contributed by atoms with E-state index in [1.807, 2.05) is 42.1 Å². The fraction of sp³-hybridized carbons (Fsp3) is 0.238. The summed E-state index contributed by atoms with van der Waals surface area (Å²) in [6.07, 6.45) is 3.67. The van der Waals surface area contributed by atoms with E-state index in [2.05, 4.69) is 32.9 Å². The Morgan fingerprint density at radius 1 is 1.11 bits per heavy atom. The van der Waals surface area contributed by atoms with Crippen LogP contribution in [0.4, 0.5) is 4.39 Å². The summed E-state index contributed by atoms with van der Waals surface area (Å²) in [4.78, 5) is 4.54. The van der Waals surface area contributed by atoms with E-state index in [0.717, 1.165) is 23.4 Å². The van der Waals surface area contributed by atoms with Gasteiger partial charge in [-0.2, -0.15) is 5.10 Å². The minimum absolute atomic E-state index is 0.196. The highest BCUT2D eigenvalue weighted by Crippen LogP contribution is 2.10. The first kappa shape index (κ1) is 18.6. The summed E-state index contributed by atoms with van der Waals surface area (Å²) in [5.41, 5.74) is 3.65. The van der Waals surface area contributed by atoms with Gasteiger partial charge in [0, 0.05) is 25.5 Å². The van der Waals surface area contributed by atoms with Crippen molar-refractivity contribution >= 4 is 5.96 Å². The van der Waals surface area contributed by atoms with Crippen molar-refractivity contribution in [1.82, 2.24) is 20.4 Å². The van der Waals surface area contributed by atoms with E-state index in [9.17, 15) is 4.39 Å². The standard InChI is InChI=1S/C21H24FN5/c1-3-23-21(25-15-18-6-5-16(2)20(22)13-18)24-14-17-7-9-19(10-8-17)27-12-4-11-26-27/h4-13H,3,14-15H2,1-2H3,(H2,23,24,25). The number of halogens is 1. The number of nitrogens with zero attached hydrogens (tertiary/aromatic N) is 3. The van der Waals surface area contributed by atoms with Crippen molar-refractivity contribution in [2.24, 2.45) is 4.99 Å². The minimum atomic E-state index is -0.196. The molecule has 6 heteroatoms. The first-order valence-electron chi connectivity index (χ1n) is 9.02. The molecular formula is C21H24FN5. The van der Waals surface area contributed by atoms with Gasteiger partial charge in [0.15, 0.2) is 5.96 Å². The summed E-state index contributed by atoms with van der Waals surface area (Å²) >= 11 is 0.